The number of nitrogens with zero attached hydrogens (tertiary/aromatic N) is 2. The van der Waals surface area contributed by atoms with E-state index < -0.39 is 0 Å². The third-order valence-corrected chi connectivity index (χ3v) is 6.42. The van der Waals surface area contributed by atoms with Gasteiger partial charge in [-0.25, -0.2) is 4.79 Å². The van der Waals surface area contributed by atoms with Crippen LogP contribution in [0.5, 0.6) is 0 Å². The number of amides is 3. The van der Waals surface area contributed by atoms with Crippen LogP contribution in [0.4, 0.5) is 16.2 Å². The van der Waals surface area contributed by atoms with Crippen molar-refractivity contribution in [1.29, 1.82) is 0 Å². The molecule has 0 spiro atoms. The van der Waals surface area contributed by atoms with E-state index in [-0.39, 0.29) is 18.0 Å². The molecule has 0 aliphatic carbocycles. The zero-order valence-corrected chi connectivity index (χ0v) is 18.2. The largest absolute Gasteiger partial charge is 0.372 e. The molecule has 2 N–H and O–H groups in total. The highest BCUT2D eigenvalue weighted by atomic mass is 16.2. The van der Waals surface area contributed by atoms with Crippen LogP contribution in [0.2, 0.25) is 0 Å². The van der Waals surface area contributed by atoms with Gasteiger partial charge in [0, 0.05) is 49.2 Å². The Balaban J connectivity index is 1.23. The number of carbonyl (C=O) groups is 2. The standard InChI is InChI=1S/C25H32N4O2/c1-19-11-15-28(16-12-19)23-9-7-21(8-10-23)27-25(31)29-17-13-22(14-18-29)26-24(30)20-5-3-2-4-6-20/h2-10,19,22H,11-18H2,1H3,(H,26,30)(H,27,31). The van der Waals surface area contributed by atoms with E-state index in [9.17, 15) is 9.59 Å². The monoisotopic (exact) mass is 420 g/mol. The van der Waals surface area contributed by atoms with Crippen LogP contribution in [-0.4, -0.2) is 49.1 Å². The Morgan fingerprint density at radius 1 is 0.839 bits per heavy atom. The first-order valence-electron chi connectivity index (χ1n) is 11.4. The second kappa shape index (κ2) is 9.86. The molecule has 31 heavy (non-hydrogen) atoms. The predicted octanol–water partition coefficient (Wildman–Crippen LogP) is 4.35. The Morgan fingerprint density at radius 3 is 2.13 bits per heavy atom. The number of urea groups is 1. The maximum absolute atomic E-state index is 12.7. The van der Waals surface area contributed by atoms with Crippen molar-refractivity contribution < 1.29 is 9.59 Å². The zero-order chi connectivity index (χ0) is 21.6. The van der Waals surface area contributed by atoms with E-state index in [1.165, 1.54) is 18.5 Å². The van der Waals surface area contributed by atoms with Crippen LogP contribution in [0.1, 0.15) is 43.0 Å². The smallest absolute Gasteiger partial charge is 0.321 e. The van der Waals surface area contributed by atoms with Crippen molar-refractivity contribution in [3.8, 4) is 0 Å². The van der Waals surface area contributed by atoms with Crippen molar-refractivity contribution in [3.63, 3.8) is 0 Å². The second-order valence-electron chi connectivity index (χ2n) is 8.75. The van der Waals surface area contributed by atoms with Crippen LogP contribution in [-0.2, 0) is 0 Å². The molecule has 164 valence electrons. The molecule has 6 nitrogen and oxygen atoms in total. The van der Waals surface area contributed by atoms with E-state index in [0.29, 0.717) is 18.7 Å². The first-order chi connectivity index (χ1) is 15.1. The van der Waals surface area contributed by atoms with E-state index in [2.05, 4.69) is 34.6 Å². The summed E-state index contributed by atoms with van der Waals surface area (Å²) in [5.74, 6) is 0.761. The highest BCUT2D eigenvalue weighted by Crippen LogP contribution is 2.24. The summed E-state index contributed by atoms with van der Waals surface area (Å²) < 4.78 is 0. The highest BCUT2D eigenvalue weighted by Gasteiger charge is 2.24. The van der Waals surface area contributed by atoms with E-state index in [4.69, 9.17) is 0 Å². The number of rotatable bonds is 4. The van der Waals surface area contributed by atoms with Crippen molar-refractivity contribution in [2.45, 2.75) is 38.6 Å². The topological polar surface area (TPSA) is 64.7 Å². The fourth-order valence-corrected chi connectivity index (χ4v) is 4.31. The number of hydrogen-bond acceptors (Lipinski definition) is 3. The summed E-state index contributed by atoms with van der Waals surface area (Å²) in [6.07, 6.45) is 4.00. The van der Waals surface area contributed by atoms with Crippen LogP contribution >= 0.6 is 0 Å². The number of carbonyl (C=O) groups excluding carboxylic acids is 2. The molecule has 2 aromatic rings. The molecule has 0 bridgehead atoms. The van der Waals surface area contributed by atoms with Crippen LogP contribution in [0.15, 0.2) is 54.6 Å². The fourth-order valence-electron chi connectivity index (χ4n) is 4.31. The number of hydrogen-bond donors (Lipinski definition) is 2. The first-order valence-corrected chi connectivity index (χ1v) is 11.4. The Hall–Kier alpha value is -3.02. The maximum atomic E-state index is 12.7. The molecular formula is C25H32N4O2. The molecular weight excluding hydrogens is 388 g/mol. The Bertz CT molecular complexity index is 868. The van der Waals surface area contributed by atoms with E-state index >= 15 is 0 Å². The van der Waals surface area contributed by atoms with Crippen LogP contribution < -0.4 is 15.5 Å². The van der Waals surface area contributed by atoms with Crippen molar-refractivity contribution >= 4 is 23.3 Å². The van der Waals surface area contributed by atoms with E-state index in [0.717, 1.165) is 37.5 Å². The second-order valence-corrected chi connectivity index (χ2v) is 8.75. The van der Waals surface area contributed by atoms with Gasteiger partial charge in [-0.1, -0.05) is 25.1 Å². The SMILES string of the molecule is CC1CCN(c2ccc(NC(=O)N3CCC(NC(=O)c4ccccc4)CC3)cc2)CC1. The summed E-state index contributed by atoms with van der Waals surface area (Å²) in [4.78, 5) is 29.2. The normalized spacial score (nSPS) is 18.0. The summed E-state index contributed by atoms with van der Waals surface area (Å²) >= 11 is 0. The van der Waals surface area contributed by atoms with Crippen LogP contribution in [0.3, 0.4) is 0 Å². The number of nitrogens with one attached hydrogen (secondary N) is 2. The van der Waals surface area contributed by atoms with E-state index in [1.54, 1.807) is 0 Å². The van der Waals surface area contributed by atoms with Gasteiger partial charge in [0.1, 0.15) is 0 Å². The van der Waals surface area contributed by atoms with Gasteiger partial charge in [0.25, 0.3) is 5.91 Å². The Kier molecular flexibility index (Phi) is 6.75. The molecule has 2 aromatic carbocycles. The molecule has 2 aliphatic heterocycles. The van der Waals surface area contributed by atoms with Gasteiger partial charge in [-0.3, -0.25) is 4.79 Å². The number of benzene rings is 2. The van der Waals surface area contributed by atoms with Crippen molar-refractivity contribution in [3.05, 3.63) is 60.2 Å². The van der Waals surface area contributed by atoms with Gasteiger partial charge in [0.05, 0.1) is 0 Å². The Morgan fingerprint density at radius 2 is 1.48 bits per heavy atom. The lowest BCUT2D eigenvalue weighted by Crippen LogP contribution is -2.47. The average molecular weight is 421 g/mol. The molecule has 0 radical (unpaired) electrons. The lowest BCUT2D eigenvalue weighted by atomic mass is 9.99. The average Bonchev–Trinajstić information content (AvgIpc) is 2.81. The molecule has 0 saturated carbocycles. The van der Waals surface area contributed by atoms with Crippen LogP contribution in [0, 0.1) is 5.92 Å². The van der Waals surface area contributed by atoms with Crippen LogP contribution in [0.25, 0.3) is 0 Å². The summed E-state index contributed by atoms with van der Waals surface area (Å²) in [5, 5.41) is 6.09. The molecule has 2 saturated heterocycles. The summed E-state index contributed by atoms with van der Waals surface area (Å²) in [7, 11) is 0. The number of anilines is 2. The van der Waals surface area contributed by atoms with Gasteiger partial charge in [-0.15, -0.1) is 0 Å². The molecule has 3 amide bonds. The van der Waals surface area contributed by atoms with Crippen molar-refractivity contribution in [2.24, 2.45) is 5.92 Å². The van der Waals surface area contributed by atoms with Gasteiger partial charge in [-0.05, 0) is 68.0 Å². The molecule has 4 rings (SSSR count). The third kappa shape index (κ3) is 5.57. The molecule has 0 unspecified atom stereocenters. The maximum Gasteiger partial charge on any atom is 0.321 e. The quantitative estimate of drug-likeness (QED) is 0.773. The molecule has 2 heterocycles. The zero-order valence-electron chi connectivity index (χ0n) is 18.2. The van der Waals surface area contributed by atoms with Crippen molar-refractivity contribution in [1.82, 2.24) is 10.2 Å². The predicted molar refractivity (Wildman–Crippen MR) is 125 cm³/mol. The minimum absolute atomic E-state index is 0.0493. The number of piperidine rings is 2. The molecule has 0 atom stereocenters. The lowest BCUT2D eigenvalue weighted by Gasteiger charge is -2.33. The number of likely N-dealkylation sites (tertiary alicyclic amines) is 1. The van der Waals surface area contributed by atoms with Gasteiger partial charge in [0.2, 0.25) is 0 Å². The molecule has 0 aromatic heterocycles. The first kappa shape index (κ1) is 21.2. The highest BCUT2D eigenvalue weighted by molar-refractivity contribution is 5.94. The third-order valence-electron chi connectivity index (χ3n) is 6.42. The molecule has 2 fully saturated rings. The van der Waals surface area contributed by atoms with Gasteiger partial charge < -0.3 is 20.4 Å². The Labute approximate surface area is 184 Å². The van der Waals surface area contributed by atoms with E-state index in [1.807, 2.05) is 47.4 Å². The fraction of sp³-hybridized carbons (Fsp3) is 0.440. The van der Waals surface area contributed by atoms with Gasteiger partial charge in [0.15, 0.2) is 0 Å². The minimum atomic E-state index is -0.0765. The minimum Gasteiger partial charge on any atom is -0.372 e. The van der Waals surface area contributed by atoms with Gasteiger partial charge >= 0.3 is 6.03 Å². The van der Waals surface area contributed by atoms with Gasteiger partial charge in [-0.2, -0.15) is 0 Å². The summed E-state index contributed by atoms with van der Waals surface area (Å²) in [5.41, 5.74) is 2.71. The lowest BCUT2D eigenvalue weighted by molar-refractivity contribution is 0.0919. The van der Waals surface area contributed by atoms with Crippen molar-refractivity contribution in [2.75, 3.05) is 36.4 Å². The summed E-state index contributed by atoms with van der Waals surface area (Å²) in [6, 6.07) is 17.4. The molecule has 2 aliphatic rings. The molecule has 6 heteroatoms. The summed E-state index contributed by atoms with van der Waals surface area (Å²) in [6.45, 7) is 5.78.